The molecule has 2 aromatic rings. The summed E-state index contributed by atoms with van der Waals surface area (Å²) in [6.07, 6.45) is -2.48. The molecule has 0 saturated carbocycles. The van der Waals surface area contributed by atoms with Crippen molar-refractivity contribution < 1.29 is 29.8 Å². The number of anilines is 1. The van der Waals surface area contributed by atoms with Gasteiger partial charge in [-0.05, 0) is 23.8 Å². The van der Waals surface area contributed by atoms with Crippen LogP contribution in [0.25, 0.3) is 0 Å². The molecule has 0 aliphatic carbocycles. The van der Waals surface area contributed by atoms with Crippen molar-refractivity contribution in [2.24, 2.45) is 0 Å². The fourth-order valence-electron chi connectivity index (χ4n) is 2.76. The first-order chi connectivity index (χ1) is 14.5. The molecule has 6 nitrogen and oxygen atoms in total. The number of likely N-dealkylation sites (tertiary alicyclic amines) is 1. The molecule has 29 heavy (non-hydrogen) atoms. The van der Waals surface area contributed by atoms with Gasteiger partial charge in [0, 0.05) is 13.1 Å². The maximum Gasteiger partial charge on any atom is 0.416 e. The lowest BCUT2D eigenvalue weighted by Gasteiger charge is -2.20. The lowest BCUT2D eigenvalue weighted by atomic mass is 10.1. The van der Waals surface area contributed by atoms with Gasteiger partial charge in [0.1, 0.15) is 0 Å². The lowest BCUT2D eigenvalue weighted by molar-refractivity contribution is -0.137. The number of ether oxygens (including phenoxy) is 1. The van der Waals surface area contributed by atoms with Crippen LogP contribution in [-0.2, 0) is 22.3 Å². The third-order valence-electron chi connectivity index (χ3n) is 4.23. The average molecular weight is 412 g/mol. The minimum Gasteiger partial charge on any atom is -0.369 e. The molecule has 1 amide bonds. The fraction of sp³-hybridized carbons (Fsp3) is 0.316. The molecule has 1 aromatic carbocycles. The van der Waals surface area contributed by atoms with Gasteiger partial charge in [0.05, 0.1) is 39.4 Å². The molecule has 0 spiro atoms. The topological polar surface area (TPSA) is 67.3 Å². The molecular weight excluding hydrogens is 392 g/mol. The van der Waals surface area contributed by atoms with E-state index < -0.39 is 42.2 Å². The highest BCUT2D eigenvalue weighted by Crippen LogP contribution is 2.29. The van der Waals surface area contributed by atoms with Crippen LogP contribution in [0, 0.1) is 5.82 Å². The van der Waals surface area contributed by atoms with E-state index in [0.717, 1.165) is 42.7 Å². The summed E-state index contributed by atoms with van der Waals surface area (Å²) in [7, 11) is 0. The van der Waals surface area contributed by atoms with Gasteiger partial charge >= 0.3 is 6.18 Å². The summed E-state index contributed by atoms with van der Waals surface area (Å²) < 4.78 is 73.3. The fourth-order valence-corrected chi connectivity index (χ4v) is 2.76. The number of hydrogen-bond acceptors (Lipinski definition) is 5. The van der Waals surface area contributed by atoms with E-state index in [0.29, 0.717) is 0 Å². The number of hydrogen-bond donors (Lipinski definition) is 1. The number of carbonyl (C=O) groups is 1. The summed E-state index contributed by atoms with van der Waals surface area (Å²) in [5, 5.41) is 2.87. The van der Waals surface area contributed by atoms with Crippen molar-refractivity contribution in [2.45, 2.75) is 24.9 Å². The Labute approximate surface area is 167 Å². The zero-order valence-electron chi connectivity index (χ0n) is 17.0. The quantitative estimate of drug-likeness (QED) is 0.584. The van der Waals surface area contributed by atoms with Crippen LogP contribution < -0.4 is 5.32 Å². The molecule has 2 heterocycles. The van der Waals surface area contributed by atoms with Crippen LogP contribution >= 0.6 is 0 Å². The van der Waals surface area contributed by atoms with Crippen LogP contribution in [0.5, 0.6) is 0 Å². The second-order valence-electron chi connectivity index (χ2n) is 6.26. The summed E-state index contributed by atoms with van der Waals surface area (Å²) in [5.74, 6) is -1.01. The Bertz CT molecular complexity index is 939. The van der Waals surface area contributed by atoms with Crippen LogP contribution in [0.1, 0.15) is 13.9 Å². The van der Waals surface area contributed by atoms with E-state index in [1.807, 2.05) is 0 Å². The predicted molar refractivity (Wildman–Crippen MR) is 96.2 cm³/mol. The minimum absolute atomic E-state index is 0.0101. The Kier molecular flexibility index (Phi) is 5.33. The monoisotopic (exact) mass is 412 g/mol. The van der Waals surface area contributed by atoms with Crippen molar-refractivity contribution in [2.75, 3.05) is 18.4 Å². The lowest BCUT2D eigenvalue weighted by Crippen LogP contribution is -2.35. The van der Waals surface area contributed by atoms with Crippen LogP contribution in [0.4, 0.5) is 23.5 Å². The molecule has 1 aliphatic rings. The largest absolute Gasteiger partial charge is 0.416 e. The van der Waals surface area contributed by atoms with Crippen LogP contribution in [0.2, 0.25) is 0 Å². The first-order valence-electron chi connectivity index (χ1n) is 9.50. The van der Waals surface area contributed by atoms with Crippen molar-refractivity contribution in [3.8, 4) is 0 Å². The number of nitrogens with one attached hydrogen (secondary N) is 1. The Balaban J connectivity index is 1.79. The average Bonchev–Trinajstić information content (AvgIpc) is 3.10. The summed E-state index contributed by atoms with van der Waals surface area (Å²) >= 11 is 0. The summed E-state index contributed by atoms with van der Waals surface area (Å²) in [5.41, 5.74) is -1.03. The number of amides is 1. The highest BCUT2D eigenvalue weighted by molar-refractivity contribution is 5.87. The van der Waals surface area contributed by atoms with Gasteiger partial charge in [0.2, 0.25) is 11.9 Å². The van der Waals surface area contributed by atoms with E-state index >= 15 is 0 Å². The SMILES string of the molecule is [2H]C([2H])(O[C@@H]1CN(C(=O)C=C)C[C@H]1Nc1ncc(F)cn1)c1ccc(C(F)(F)F)cc1. The van der Waals surface area contributed by atoms with Gasteiger partial charge in [-0.3, -0.25) is 4.79 Å². The van der Waals surface area contributed by atoms with Gasteiger partial charge in [-0.1, -0.05) is 18.7 Å². The van der Waals surface area contributed by atoms with Gasteiger partial charge in [0.25, 0.3) is 0 Å². The third kappa shape index (κ3) is 5.29. The minimum atomic E-state index is -4.55. The van der Waals surface area contributed by atoms with Crippen molar-refractivity contribution in [1.29, 1.82) is 0 Å². The standard InChI is InChI=1S/C19H18F4N4O2/c1-2-17(28)27-9-15(26-18-24-7-14(20)8-25-18)16(10-27)29-11-12-3-5-13(6-4-12)19(21,22)23/h2-8,15-16H,1,9-11H2,(H,24,25,26)/t15-,16-/m1/s1/i11D2. The molecule has 0 unspecified atom stereocenters. The molecule has 1 aromatic heterocycles. The molecule has 0 radical (unpaired) electrons. The molecule has 1 fully saturated rings. The van der Waals surface area contributed by atoms with E-state index in [9.17, 15) is 22.4 Å². The van der Waals surface area contributed by atoms with Gasteiger partial charge in [-0.2, -0.15) is 13.2 Å². The van der Waals surface area contributed by atoms with Gasteiger partial charge < -0.3 is 15.0 Å². The zero-order chi connectivity index (χ0) is 22.8. The number of nitrogens with zero attached hydrogens (tertiary/aromatic N) is 3. The maximum absolute atomic E-state index is 13.0. The third-order valence-corrected chi connectivity index (χ3v) is 4.23. The first-order valence-corrected chi connectivity index (χ1v) is 8.50. The molecule has 154 valence electrons. The summed E-state index contributed by atoms with van der Waals surface area (Å²) in [6, 6.07) is 2.85. The second kappa shape index (κ2) is 8.56. The van der Waals surface area contributed by atoms with Crippen LogP contribution in [0.15, 0.2) is 49.3 Å². The summed E-state index contributed by atoms with van der Waals surface area (Å²) in [6.45, 7) is 1.05. The number of alkyl halides is 3. The second-order valence-corrected chi connectivity index (χ2v) is 6.26. The van der Waals surface area contributed by atoms with E-state index in [2.05, 4.69) is 21.9 Å². The Morgan fingerprint density at radius 1 is 1.31 bits per heavy atom. The maximum atomic E-state index is 13.0. The van der Waals surface area contributed by atoms with E-state index in [1.54, 1.807) is 0 Å². The molecule has 1 aliphatic heterocycles. The number of benzene rings is 1. The molecule has 10 heteroatoms. The van der Waals surface area contributed by atoms with Gasteiger partial charge in [0.15, 0.2) is 5.82 Å². The normalized spacial score (nSPS) is 20.8. The van der Waals surface area contributed by atoms with Crippen molar-refractivity contribution in [3.05, 3.63) is 66.3 Å². The smallest absolute Gasteiger partial charge is 0.369 e. The van der Waals surface area contributed by atoms with E-state index in [1.165, 1.54) is 4.90 Å². The molecule has 3 rings (SSSR count). The molecule has 0 bridgehead atoms. The molecular formula is C19H18F4N4O2. The molecule has 2 atom stereocenters. The number of carbonyl (C=O) groups excluding carboxylic acids is 1. The highest BCUT2D eigenvalue weighted by atomic mass is 19.4. The summed E-state index contributed by atoms with van der Waals surface area (Å²) in [4.78, 5) is 20.9. The highest BCUT2D eigenvalue weighted by Gasteiger charge is 2.36. The van der Waals surface area contributed by atoms with Gasteiger partial charge in [-0.15, -0.1) is 0 Å². The Morgan fingerprint density at radius 3 is 2.55 bits per heavy atom. The van der Waals surface area contributed by atoms with Crippen molar-refractivity contribution in [3.63, 3.8) is 0 Å². The number of rotatable bonds is 6. The number of aromatic nitrogens is 2. The first kappa shape index (κ1) is 18.0. The van der Waals surface area contributed by atoms with E-state index in [-0.39, 0.29) is 24.6 Å². The van der Waals surface area contributed by atoms with Crippen LogP contribution in [-0.4, -0.2) is 46.0 Å². The van der Waals surface area contributed by atoms with Crippen LogP contribution in [0.3, 0.4) is 0 Å². The van der Waals surface area contributed by atoms with Crippen molar-refractivity contribution in [1.82, 2.24) is 14.9 Å². The zero-order valence-corrected chi connectivity index (χ0v) is 15.0. The van der Waals surface area contributed by atoms with Gasteiger partial charge in [-0.25, -0.2) is 14.4 Å². The Morgan fingerprint density at radius 2 is 1.97 bits per heavy atom. The predicted octanol–water partition coefficient (Wildman–Crippen LogP) is 3.03. The molecule has 1 N–H and O–H groups in total. The Hall–Kier alpha value is -3.01. The number of halogens is 4. The molecule has 1 saturated heterocycles. The van der Waals surface area contributed by atoms with E-state index in [4.69, 9.17) is 7.48 Å². The van der Waals surface area contributed by atoms with Crippen molar-refractivity contribution >= 4 is 11.9 Å².